The number of nitrogens with zero attached hydrogens (tertiary/aromatic N) is 3. The van der Waals surface area contributed by atoms with Crippen LogP contribution in [0.25, 0.3) is 10.9 Å². The summed E-state index contributed by atoms with van der Waals surface area (Å²) >= 11 is 0. The lowest BCUT2D eigenvalue weighted by Gasteiger charge is -2.20. The average molecular weight is 429 g/mol. The third-order valence-corrected chi connectivity index (χ3v) is 5.16. The molecule has 0 atom stereocenters. The SMILES string of the molecule is O=C(NCCNc1ccc(C(F)(F)F)cn1)c1cc2ccccc2nc1N1CCCC1. The molecule has 3 aromatic rings. The molecule has 9 heteroatoms. The molecule has 0 bridgehead atoms. The number of hydrogen-bond acceptors (Lipinski definition) is 5. The number of alkyl halides is 3. The molecule has 1 fully saturated rings. The highest BCUT2D eigenvalue weighted by Gasteiger charge is 2.30. The highest BCUT2D eigenvalue weighted by Crippen LogP contribution is 2.29. The van der Waals surface area contributed by atoms with Crippen molar-refractivity contribution in [3.63, 3.8) is 0 Å². The van der Waals surface area contributed by atoms with Gasteiger partial charge in [-0.05, 0) is 37.1 Å². The average Bonchev–Trinajstić information content (AvgIpc) is 3.30. The normalized spacial score (nSPS) is 14.1. The molecular formula is C22H22F3N5O. The molecule has 0 radical (unpaired) electrons. The summed E-state index contributed by atoms with van der Waals surface area (Å²) in [6, 6.07) is 11.8. The summed E-state index contributed by atoms with van der Waals surface area (Å²) in [5.41, 5.74) is 0.564. The van der Waals surface area contributed by atoms with Gasteiger partial charge in [0.1, 0.15) is 11.6 Å². The first-order chi connectivity index (χ1) is 14.9. The fraction of sp³-hybridized carbons (Fsp3) is 0.318. The molecule has 1 aromatic carbocycles. The number of carbonyl (C=O) groups excluding carboxylic acids is 1. The minimum Gasteiger partial charge on any atom is -0.368 e. The molecule has 0 unspecified atom stereocenters. The predicted molar refractivity (Wildman–Crippen MR) is 113 cm³/mol. The minimum atomic E-state index is -4.42. The zero-order valence-electron chi connectivity index (χ0n) is 16.7. The van der Waals surface area contributed by atoms with Gasteiger partial charge in [0.15, 0.2) is 0 Å². The zero-order valence-corrected chi connectivity index (χ0v) is 16.7. The van der Waals surface area contributed by atoms with E-state index in [2.05, 4.69) is 20.5 Å². The summed E-state index contributed by atoms with van der Waals surface area (Å²) in [6.07, 6.45) is -1.50. The van der Waals surface area contributed by atoms with Crippen LogP contribution < -0.4 is 15.5 Å². The van der Waals surface area contributed by atoms with Crippen LogP contribution >= 0.6 is 0 Å². The van der Waals surface area contributed by atoms with Crippen molar-refractivity contribution in [3.05, 3.63) is 59.8 Å². The molecule has 0 aliphatic carbocycles. The molecule has 1 amide bonds. The number of pyridine rings is 2. The lowest BCUT2D eigenvalue weighted by Crippen LogP contribution is -2.31. The molecule has 0 spiro atoms. The van der Waals surface area contributed by atoms with E-state index in [1.54, 1.807) is 0 Å². The molecule has 6 nitrogen and oxygen atoms in total. The highest BCUT2D eigenvalue weighted by molar-refractivity contribution is 6.02. The number of carbonyl (C=O) groups is 1. The smallest absolute Gasteiger partial charge is 0.368 e. The van der Waals surface area contributed by atoms with Crippen LogP contribution in [0.2, 0.25) is 0 Å². The summed E-state index contributed by atoms with van der Waals surface area (Å²) in [5, 5.41) is 6.66. The van der Waals surface area contributed by atoms with Gasteiger partial charge in [-0.2, -0.15) is 13.2 Å². The maximum absolute atomic E-state index is 12.9. The van der Waals surface area contributed by atoms with E-state index in [1.165, 1.54) is 6.07 Å². The highest BCUT2D eigenvalue weighted by atomic mass is 19.4. The van der Waals surface area contributed by atoms with Gasteiger partial charge >= 0.3 is 6.18 Å². The van der Waals surface area contributed by atoms with Gasteiger partial charge in [-0.15, -0.1) is 0 Å². The molecule has 1 aliphatic heterocycles. The van der Waals surface area contributed by atoms with Crippen LogP contribution in [-0.2, 0) is 6.18 Å². The number of hydrogen-bond donors (Lipinski definition) is 2. The van der Waals surface area contributed by atoms with Gasteiger partial charge in [-0.1, -0.05) is 18.2 Å². The van der Waals surface area contributed by atoms with E-state index >= 15 is 0 Å². The number of fused-ring (bicyclic) bond motifs is 1. The van der Waals surface area contributed by atoms with Gasteiger partial charge in [0, 0.05) is 37.8 Å². The van der Waals surface area contributed by atoms with Crippen LogP contribution in [0.5, 0.6) is 0 Å². The van der Waals surface area contributed by atoms with Gasteiger partial charge in [0.05, 0.1) is 16.6 Å². The van der Waals surface area contributed by atoms with Crippen molar-refractivity contribution in [2.45, 2.75) is 19.0 Å². The standard InChI is InChI=1S/C22H22F3N5O/c23-22(24,25)16-7-8-19(28-14-16)26-9-10-27-21(31)17-13-15-5-1-2-6-18(15)29-20(17)30-11-3-4-12-30/h1-2,5-8,13-14H,3-4,9-12H2,(H,26,28)(H,27,31). The number of anilines is 2. The van der Waals surface area contributed by atoms with Gasteiger partial charge in [-0.3, -0.25) is 4.79 Å². The van der Waals surface area contributed by atoms with Crippen molar-refractivity contribution in [1.29, 1.82) is 0 Å². The van der Waals surface area contributed by atoms with Gasteiger partial charge in [-0.25, -0.2) is 9.97 Å². The third kappa shape index (κ3) is 4.87. The monoisotopic (exact) mass is 429 g/mol. The number of rotatable bonds is 6. The van der Waals surface area contributed by atoms with Gasteiger partial charge in [0.25, 0.3) is 5.91 Å². The van der Waals surface area contributed by atoms with Crippen molar-refractivity contribution < 1.29 is 18.0 Å². The van der Waals surface area contributed by atoms with Crippen LogP contribution in [0.1, 0.15) is 28.8 Å². The van der Waals surface area contributed by atoms with Crippen LogP contribution in [0, 0.1) is 0 Å². The summed E-state index contributed by atoms with van der Waals surface area (Å²) in [4.78, 5) is 23.5. The first-order valence-corrected chi connectivity index (χ1v) is 10.1. The Labute approximate surface area is 177 Å². The molecular weight excluding hydrogens is 407 g/mol. The Hall–Kier alpha value is -3.36. The Morgan fingerprint density at radius 3 is 2.55 bits per heavy atom. The number of para-hydroxylation sites is 1. The molecule has 31 heavy (non-hydrogen) atoms. The first-order valence-electron chi connectivity index (χ1n) is 10.1. The fourth-order valence-corrected chi connectivity index (χ4v) is 3.57. The molecule has 4 rings (SSSR count). The molecule has 3 heterocycles. The Bertz CT molecular complexity index is 1060. The van der Waals surface area contributed by atoms with Crippen molar-refractivity contribution >= 4 is 28.4 Å². The molecule has 0 saturated carbocycles. The number of benzene rings is 1. The summed E-state index contributed by atoms with van der Waals surface area (Å²) < 4.78 is 37.8. The number of halogens is 3. The summed E-state index contributed by atoms with van der Waals surface area (Å²) in [6.45, 7) is 2.34. The van der Waals surface area contributed by atoms with E-state index in [-0.39, 0.29) is 12.5 Å². The zero-order chi connectivity index (χ0) is 21.8. The second-order valence-corrected chi connectivity index (χ2v) is 7.36. The first kappa shape index (κ1) is 20.9. The van der Waals surface area contributed by atoms with Crippen LogP contribution in [0.15, 0.2) is 48.7 Å². The molecule has 1 aliphatic rings. The van der Waals surface area contributed by atoms with Crippen LogP contribution in [0.4, 0.5) is 24.8 Å². The molecule has 162 valence electrons. The van der Waals surface area contributed by atoms with Crippen molar-refractivity contribution in [3.8, 4) is 0 Å². The Morgan fingerprint density at radius 2 is 1.84 bits per heavy atom. The predicted octanol–water partition coefficient (Wildman–Crippen LogP) is 4.09. The summed E-state index contributed by atoms with van der Waals surface area (Å²) in [7, 11) is 0. The molecule has 2 N–H and O–H groups in total. The van der Waals surface area contributed by atoms with Crippen LogP contribution in [0.3, 0.4) is 0 Å². The Kier molecular flexibility index (Phi) is 5.92. The largest absolute Gasteiger partial charge is 0.417 e. The van der Waals surface area contributed by atoms with E-state index in [0.29, 0.717) is 23.7 Å². The third-order valence-electron chi connectivity index (χ3n) is 5.16. The van der Waals surface area contributed by atoms with E-state index < -0.39 is 11.7 Å². The number of aromatic nitrogens is 2. The molecule has 1 saturated heterocycles. The van der Waals surface area contributed by atoms with E-state index in [4.69, 9.17) is 4.98 Å². The van der Waals surface area contributed by atoms with Gasteiger partial charge < -0.3 is 15.5 Å². The minimum absolute atomic E-state index is 0.234. The fourth-order valence-electron chi connectivity index (χ4n) is 3.57. The van der Waals surface area contributed by atoms with E-state index in [1.807, 2.05) is 30.3 Å². The Balaban J connectivity index is 1.40. The van der Waals surface area contributed by atoms with Gasteiger partial charge in [0.2, 0.25) is 0 Å². The summed E-state index contributed by atoms with van der Waals surface area (Å²) in [5.74, 6) is 0.765. The quantitative estimate of drug-likeness (QED) is 0.578. The van der Waals surface area contributed by atoms with Crippen molar-refractivity contribution in [2.75, 3.05) is 36.4 Å². The number of amides is 1. The van der Waals surface area contributed by atoms with Crippen LogP contribution in [-0.4, -0.2) is 42.1 Å². The second-order valence-electron chi connectivity index (χ2n) is 7.36. The maximum atomic E-state index is 12.9. The lowest BCUT2D eigenvalue weighted by molar-refractivity contribution is -0.137. The van der Waals surface area contributed by atoms with Crippen molar-refractivity contribution in [2.24, 2.45) is 0 Å². The lowest BCUT2D eigenvalue weighted by atomic mass is 10.1. The molecule has 2 aromatic heterocycles. The number of nitrogens with one attached hydrogen (secondary N) is 2. The maximum Gasteiger partial charge on any atom is 0.417 e. The second kappa shape index (κ2) is 8.79. The van der Waals surface area contributed by atoms with E-state index in [0.717, 1.165) is 49.1 Å². The van der Waals surface area contributed by atoms with E-state index in [9.17, 15) is 18.0 Å². The topological polar surface area (TPSA) is 70.1 Å². The van der Waals surface area contributed by atoms with Crippen molar-refractivity contribution in [1.82, 2.24) is 15.3 Å². The Morgan fingerprint density at radius 1 is 1.06 bits per heavy atom.